The van der Waals surface area contributed by atoms with Gasteiger partial charge in [0.05, 0.1) is 37.8 Å². The van der Waals surface area contributed by atoms with E-state index in [9.17, 15) is 31.5 Å². The van der Waals surface area contributed by atoms with Crippen molar-refractivity contribution in [3.05, 3.63) is 87.6 Å². The van der Waals surface area contributed by atoms with Gasteiger partial charge in [0.1, 0.15) is 11.4 Å². The molecule has 1 saturated carbocycles. The predicted molar refractivity (Wildman–Crippen MR) is 227 cm³/mol. The number of aromatic carboxylic acids is 1. The van der Waals surface area contributed by atoms with Crippen LogP contribution in [0.1, 0.15) is 52.7 Å². The van der Waals surface area contributed by atoms with Gasteiger partial charge in [0.25, 0.3) is 0 Å². The van der Waals surface area contributed by atoms with Crippen molar-refractivity contribution in [1.29, 1.82) is 0 Å². The number of azo groups is 2. The van der Waals surface area contributed by atoms with E-state index in [2.05, 4.69) is 40.0 Å². The molecule has 6 aromatic rings. The van der Waals surface area contributed by atoms with Crippen LogP contribution in [0.2, 0.25) is 0 Å². The second kappa shape index (κ2) is 17.6. The number of nitrogens with zero attached hydrogens (tertiary/aromatic N) is 9. The minimum absolute atomic E-state index is 0. The summed E-state index contributed by atoms with van der Waals surface area (Å²) < 4.78 is 72.5. The van der Waals surface area contributed by atoms with Crippen LogP contribution in [-0.4, -0.2) is 68.3 Å². The Bertz CT molecular complexity index is 2810. The van der Waals surface area contributed by atoms with Crippen molar-refractivity contribution in [3.63, 3.8) is 0 Å². The summed E-state index contributed by atoms with van der Waals surface area (Å²) in [5.41, 5.74) is 0.644. The number of thiazole rings is 2. The number of carbonyl (C=O) groups is 1. The third-order valence-electron chi connectivity index (χ3n) is 10.3. The van der Waals surface area contributed by atoms with E-state index in [4.69, 9.17) is 4.74 Å². The molecule has 3 aliphatic rings. The van der Waals surface area contributed by atoms with Crippen molar-refractivity contribution < 1.29 is 52.7 Å². The number of halogens is 3. The van der Waals surface area contributed by atoms with Crippen molar-refractivity contribution in [1.82, 2.24) is 9.97 Å². The van der Waals surface area contributed by atoms with E-state index in [1.807, 2.05) is 61.3 Å². The number of alkyl halides is 3. The second-order valence-corrected chi connectivity index (χ2v) is 18.3. The zero-order valence-electron chi connectivity index (χ0n) is 32.8. The number of anilines is 2. The monoisotopic (exact) mass is 934 g/mol. The van der Waals surface area contributed by atoms with Gasteiger partial charge in [-0.25, -0.2) is 23.2 Å². The predicted octanol–water partition coefficient (Wildman–Crippen LogP) is 11.6. The van der Waals surface area contributed by atoms with E-state index >= 15 is 0 Å². The fraction of sp³-hybridized carbons (Fsp3) is 0.325. The molecule has 21 heteroatoms. The molecule has 0 atom stereocenters. The van der Waals surface area contributed by atoms with E-state index in [1.54, 1.807) is 13.1 Å². The first-order chi connectivity index (χ1) is 28.6. The van der Waals surface area contributed by atoms with Crippen LogP contribution in [0.5, 0.6) is 5.75 Å². The molecule has 1 aliphatic carbocycles. The maximum absolute atomic E-state index is 12.8. The summed E-state index contributed by atoms with van der Waals surface area (Å²) in [6, 6.07) is 17.9. The molecule has 61 heavy (non-hydrogen) atoms. The zero-order valence-corrected chi connectivity index (χ0v) is 36.2. The molecule has 322 valence electrons. The third-order valence-corrected chi connectivity index (χ3v) is 13.1. The van der Waals surface area contributed by atoms with Crippen LogP contribution in [0.15, 0.2) is 81.1 Å². The number of rotatable bonds is 9. The van der Waals surface area contributed by atoms with Gasteiger partial charge in [-0.15, -0.1) is 20.5 Å². The number of hydrogen-bond donors (Lipinski definition) is 1. The number of likely N-dealkylation sites (N-methyl/N-ethyl adjacent to an activating group) is 1. The molecule has 0 bridgehead atoms. The summed E-state index contributed by atoms with van der Waals surface area (Å²) in [6.45, 7) is 3.51. The Hall–Kier alpha value is -5.24. The molecule has 1 fully saturated rings. The number of ether oxygens (including phenoxy) is 1. The smallest absolute Gasteiger partial charge is 0.483 e. The first-order valence-electron chi connectivity index (χ1n) is 18.9. The fourth-order valence-corrected chi connectivity index (χ4v) is 9.12. The van der Waals surface area contributed by atoms with E-state index in [1.165, 1.54) is 41.2 Å². The quantitative estimate of drug-likeness (QED) is 0.109. The molecule has 0 spiro atoms. The number of benzene rings is 4. The summed E-state index contributed by atoms with van der Waals surface area (Å²) in [5.74, 6) is -0.154. The van der Waals surface area contributed by atoms with Crippen LogP contribution < -0.4 is 14.5 Å². The number of aromatic nitrogens is 2. The van der Waals surface area contributed by atoms with E-state index in [-0.39, 0.29) is 27.7 Å². The molecule has 0 amide bonds. The Morgan fingerprint density at radius 2 is 1.43 bits per heavy atom. The molecule has 9 rings (SSSR count). The number of fused-ring (bicyclic) bond motifs is 4. The average molecular weight is 936 g/mol. The summed E-state index contributed by atoms with van der Waals surface area (Å²) in [4.78, 5) is 24.5. The summed E-state index contributed by atoms with van der Waals surface area (Å²) >= 11 is 2.69. The Balaban J connectivity index is 0.000000181. The van der Waals surface area contributed by atoms with Crippen LogP contribution in [-0.2, 0) is 39.4 Å². The Labute approximate surface area is 366 Å². The topological polar surface area (TPSA) is 176 Å². The summed E-state index contributed by atoms with van der Waals surface area (Å²) in [5, 5.41) is 27.0. The molecular weight excluding hydrogens is 898 g/mol. The van der Waals surface area contributed by atoms with Crippen molar-refractivity contribution in [2.45, 2.75) is 57.1 Å². The molecule has 4 heterocycles. The standard InChI is InChI=1S/C22H22N4O3S.C18H15F3N5O2S2.Ni/c1-26-9-3-4-13-10-18(16(21(27)28)12-19(13)26)24-25-22-23-17-8-7-15(11-20(17)30-22)29-14-5-2-6-14;1-10-3-4-12-16(7-10)29-17(22-12)24-23-13-8-11-5-6-26(2)15(11)9-14(13)25-30(27,28)18(19,20)21;/h7-8,10-12,14H,2-6,9H2,1H3,(H,27,28);3-4,7-9H,5-6H2,1-2H3;/q;-1;. The van der Waals surface area contributed by atoms with Crippen molar-refractivity contribution in [2.24, 2.45) is 20.5 Å². The minimum atomic E-state index is -5.72. The van der Waals surface area contributed by atoms with Crippen LogP contribution in [0.3, 0.4) is 0 Å². The second-order valence-electron chi connectivity index (χ2n) is 14.6. The van der Waals surface area contributed by atoms with Crippen LogP contribution >= 0.6 is 22.7 Å². The molecule has 0 radical (unpaired) electrons. The maximum atomic E-state index is 12.8. The molecule has 0 saturated heterocycles. The van der Waals surface area contributed by atoms with Crippen molar-refractivity contribution >= 4 is 97.8 Å². The molecule has 14 nitrogen and oxygen atoms in total. The van der Waals surface area contributed by atoms with Gasteiger partial charge in [-0.05, 0) is 111 Å². The third kappa shape index (κ3) is 9.64. The maximum Gasteiger partial charge on any atom is 0.483 e. The number of aryl methyl sites for hydroxylation is 2. The molecule has 2 aromatic heterocycles. The van der Waals surface area contributed by atoms with E-state index in [0.717, 1.165) is 80.8 Å². The number of carboxylic acid groups (broad SMARTS) is 1. The summed E-state index contributed by atoms with van der Waals surface area (Å²) in [6.07, 6.45) is 6.39. The van der Waals surface area contributed by atoms with E-state index < -0.39 is 27.2 Å². The van der Waals surface area contributed by atoms with Gasteiger partial charge < -0.3 is 24.4 Å². The van der Waals surface area contributed by atoms with Gasteiger partial charge in [-0.3, -0.25) is 0 Å². The first-order valence-corrected chi connectivity index (χ1v) is 22.0. The first kappa shape index (κ1) is 43.8. The minimum Gasteiger partial charge on any atom is -0.568 e. The van der Waals surface area contributed by atoms with Gasteiger partial charge in [0.15, 0.2) is 10.0 Å². The number of sulfonamides is 1. The van der Waals surface area contributed by atoms with Gasteiger partial charge in [-0.2, -0.15) is 13.2 Å². The number of carboxylic acids is 1. The SMILES string of the molecule is CN1CCCc2cc(N=Nc3nc4ccc(OC5CCC5)cc4s3)c(C(=O)O)cc21.Cc1ccc2nc(N=Nc3cc4c(cc3[N-]S(=O)(=O)C(F)(F)F)N(C)CC4)sc2c1.[Ni]. The average Bonchev–Trinajstić information content (AvgIpc) is 3.89. The van der Waals surface area contributed by atoms with Gasteiger partial charge in [0, 0.05) is 55.1 Å². The van der Waals surface area contributed by atoms with Crippen LogP contribution in [0.4, 0.5) is 51.9 Å². The normalized spacial score (nSPS) is 15.4. The molecular formula is C40H37F3N9NiO5S3-. The van der Waals surface area contributed by atoms with Gasteiger partial charge in [-0.1, -0.05) is 40.5 Å². The molecule has 2 aliphatic heterocycles. The Morgan fingerprint density at radius 3 is 2.08 bits per heavy atom. The van der Waals surface area contributed by atoms with Gasteiger partial charge in [0.2, 0.25) is 10.3 Å². The Kier molecular flexibility index (Phi) is 12.7. The fourth-order valence-electron chi connectivity index (χ4n) is 6.91. The molecule has 1 N–H and O–H groups in total. The number of hydrogen-bond acceptors (Lipinski definition) is 14. The van der Waals surface area contributed by atoms with Crippen LogP contribution in [0, 0.1) is 6.92 Å². The Morgan fingerprint density at radius 1 is 0.820 bits per heavy atom. The van der Waals surface area contributed by atoms with E-state index in [0.29, 0.717) is 40.7 Å². The largest absolute Gasteiger partial charge is 0.568 e. The molecule has 4 aromatic carbocycles. The summed E-state index contributed by atoms with van der Waals surface area (Å²) in [7, 11) is -1.98. The zero-order chi connectivity index (χ0) is 42.3. The van der Waals surface area contributed by atoms with Gasteiger partial charge >= 0.3 is 11.5 Å². The van der Waals surface area contributed by atoms with Crippen molar-refractivity contribution in [2.75, 3.05) is 37.0 Å². The molecule has 0 unspecified atom stereocenters. The van der Waals surface area contributed by atoms with Crippen molar-refractivity contribution in [3.8, 4) is 5.75 Å². The van der Waals surface area contributed by atoms with Crippen LogP contribution in [0.25, 0.3) is 25.2 Å².